The van der Waals surface area contributed by atoms with Gasteiger partial charge in [-0.2, -0.15) is 0 Å². The van der Waals surface area contributed by atoms with E-state index >= 15 is 0 Å². The molecular weight excluding hydrogens is 615 g/mol. The van der Waals surface area contributed by atoms with Gasteiger partial charge in [0.25, 0.3) is 0 Å². The Bertz CT molecular complexity index is 2940. The summed E-state index contributed by atoms with van der Waals surface area (Å²) in [5.41, 5.74) is 11.0. The van der Waals surface area contributed by atoms with Crippen molar-refractivity contribution >= 4 is 82.7 Å². The van der Waals surface area contributed by atoms with Crippen LogP contribution in [0.1, 0.15) is 0 Å². The second kappa shape index (κ2) is 10.3. The molecule has 0 saturated carbocycles. The van der Waals surface area contributed by atoms with Crippen molar-refractivity contribution < 1.29 is 8.83 Å². The molecule has 0 aliphatic rings. The molecule has 0 aliphatic carbocycles. The van der Waals surface area contributed by atoms with Gasteiger partial charge in [0, 0.05) is 60.6 Å². The Morgan fingerprint density at radius 3 is 1.88 bits per heavy atom. The minimum Gasteiger partial charge on any atom is -0.456 e. The highest BCUT2D eigenvalue weighted by Gasteiger charge is 2.22. The summed E-state index contributed by atoms with van der Waals surface area (Å²) in [6.07, 6.45) is 0. The van der Waals surface area contributed by atoms with Crippen molar-refractivity contribution in [3.63, 3.8) is 0 Å². The van der Waals surface area contributed by atoms with Crippen molar-refractivity contribution in [2.45, 2.75) is 0 Å². The molecule has 0 fully saturated rings. The molecule has 8 aromatic carbocycles. The van der Waals surface area contributed by atoms with E-state index in [-0.39, 0.29) is 0 Å². The number of hydrogen-bond donors (Lipinski definition) is 0. The molecule has 0 radical (unpaired) electrons. The van der Waals surface area contributed by atoms with E-state index in [9.17, 15) is 0 Å². The van der Waals surface area contributed by atoms with E-state index in [4.69, 9.17) is 13.8 Å². The summed E-state index contributed by atoms with van der Waals surface area (Å²) < 4.78 is 15.1. The van der Waals surface area contributed by atoms with Gasteiger partial charge in [-0.3, -0.25) is 0 Å². The number of anilines is 3. The Hall–Kier alpha value is -6.85. The zero-order valence-corrected chi connectivity index (χ0v) is 26.7. The van der Waals surface area contributed by atoms with Crippen molar-refractivity contribution in [2.24, 2.45) is 0 Å². The van der Waals surface area contributed by atoms with Gasteiger partial charge in [0.15, 0.2) is 5.58 Å². The molecule has 0 bridgehead atoms. The largest absolute Gasteiger partial charge is 0.456 e. The fourth-order valence-electron chi connectivity index (χ4n) is 7.79. The highest BCUT2D eigenvalue weighted by molar-refractivity contribution is 6.31. The van der Waals surface area contributed by atoms with Crippen molar-refractivity contribution in [1.82, 2.24) is 9.55 Å². The van der Waals surface area contributed by atoms with Gasteiger partial charge in [0.2, 0.25) is 5.89 Å². The SMILES string of the molecule is c1ccc(N(c2ccc(-c3nc4c5cccc6oc7cccc(c4o3)c7c65)cc2)c2ccc3c(c2)c2ccccc2n3-c2ccccc2)cc1. The van der Waals surface area contributed by atoms with E-state index in [0.29, 0.717) is 5.89 Å². The van der Waals surface area contributed by atoms with Crippen molar-refractivity contribution in [3.05, 3.63) is 164 Å². The maximum absolute atomic E-state index is 6.57. The quantitative estimate of drug-likeness (QED) is 0.175. The third-order valence-electron chi connectivity index (χ3n) is 9.96. The molecule has 11 aromatic rings. The summed E-state index contributed by atoms with van der Waals surface area (Å²) in [5, 5.41) is 6.67. The van der Waals surface area contributed by atoms with E-state index in [1.165, 1.54) is 21.8 Å². The maximum Gasteiger partial charge on any atom is 0.227 e. The average Bonchev–Trinajstić information content (AvgIpc) is 3.89. The van der Waals surface area contributed by atoms with Gasteiger partial charge < -0.3 is 18.3 Å². The van der Waals surface area contributed by atoms with Crippen molar-refractivity contribution in [1.29, 1.82) is 0 Å². The van der Waals surface area contributed by atoms with Gasteiger partial charge >= 0.3 is 0 Å². The molecule has 0 spiro atoms. The number of aromatic nitrogens is 2. The Balaban J connectivity index is 1.05. The minimum atomic E-state index is 0.596. The number of nitrogens with zero attached hydrogens (tertiary/aromatic N) is 3. The topological polar surface area (TPSA) is 47.3 Å². The number of fused-ring (bicyclic) bond motifs is 6. The molecule has 0 aliphatic heterocycles. The molecule has 11 rings (SSSR count). The molecule has 0 saturated heterocycles. The Labute approximate surface area is 286 Å². The molecule has 0 N–H and O–H groups in total. The predicted molar refractivity (Wildman–Crippen MR) is 204 cm³/mol. The van der Waals surface area contributed by atoms with Crippen LogP contribution in [0.4, 0.5) is 17.1 Å². The van der Waals surface area contributed by atoms with E-state index in [2.05, 4.69) is 149 Å². The van der Waals surface area contributed by atoms with Crippen LogP contribution >= 0.6 is 0 Å². The summed E-state index contributed by atoms with van der Waals surface area (Å²) in [5.74, 6) is 0.596. The lowest BCUT2D eigenvalue weighted by molar-refractivity contribution is 0.623. The van der Waals surface area contributed by atoms with Crippen LogP contribution in [0.5, 0.6) is 0 Å². The normalized spacial score (nSPS) is 12.0. The van der Waals surface area contributed by atoms with Crippen LogP contribution in [0.2, 0.25) is 0 Å². The summed E-state index contributed by atoms with van der Waals surface area (Å²) in [6.45, 7) is 0. The first-order valence-corrected chi connectivity index (χ1v) is 16.8. The van der Waals surface area contributed by atoms with E-state index in [1.54, 1.807) is 0 Å². The van der Waals surface area contributed by atoms with Gasteiger partial charge in [0.1, 0.15) is 16.7 Å². The first-order valence-electron chi connectivity index (χ1n) is 16.8. The maximum atomic E-state index is 6.57. The van der Waals surface area contributed by atoms with Crippen LogP contribution in [0.3, 0.4) is 0 Å². The number of furan rings is 1. The Morgan fingerprint density at radius 2 is 1.08 bits per heavy atom. The van der Waals surface area contributed by atoms with Crippen molar-refractivity contribution in [2.75, 3.05) is 4.90 Å². The predicted octanol–water partition coefficient (Wildman–Crippen LogP) is 12.6. The summed E-state index contributed by atoms with van der Waals surface area (Å²) in [7, 11) is 0. The number of hydrogen-bond acceptors (Lipinski definition) is 4. The molecule has 0 unspecified atom stereocenters. The second-order valence-electron chi connectivity index (χ2n) is 12.8. The van der Waals surface area contributed by atoms with E-state index in [1.807, 2.05) is 24.3 Å². The fraction of sp³-hybridized carbons (Fsp3) is 0. The van der Waals surface area contributed by atoms with E-state index in [0.717, 1.165) is 72.1 Å². The zero-order valence-electron chi connectivity index (χ0n) is 26.7. The van der Waals surface area contributed by atoms with Gasteiger partial charge in [-0.05, 0) is 84.9 Å². The first kappa shape index (κ1) is 27.1. The summed E-state index contributed by atoms with van der Waals surface area (Å²) in [6, 6.07) is 57.3. The highest BCUT2D eigenvalue weighted by atomic mass is 16.3. The number of para-hydroxylation sites is 3. The van der Waals surface area contributed by atoms with Gasteiger partial charge in [-0.25, -0.2) is 4.98 Å². The standard InChI is InChI=1S/C45H27N3O2/c1-3-11-29(12-4-1)47(32-25-26-38-36(27-32)33-15-7-8-18-37(33)48(38)30-13-5-2-6-14-30)31-23-21-28(22-24-31)45-46-43-34-16-9-19-39-41(34)42-35(44(43)50-45)17-10-20-40(42)49-39/h1-27H. The molecular formula is C45H27N3O2. The van der Waals surface area contributed by atoms with Gasteiger partial charge in [-0.1, -0.05) is 78.9 Å². The molecule has 234 valence electrons. The van der Waals surface area contributed by atoms with E-state index < -0.39 is 0 Å². The lowest BCUT2D eigenvalue weighted by Crippen LogP contribution is -2.09. The van der Waals surface area contributed by atoms with Crippen LogP contribution in [-0.4, -0.2) is 9.55 Å². The van der Waals surface area contributed by atoms with Crippen LogP contribution in [0, 0.1) is 0 Å². The molecule has 3 heterocycles. The number of oxazole rings is 1. The molecule has 3 aromatic heterocycles. The van der Waals surface area contributed by atoms with Crippen LogP contribution in [-0.2, 0) is 0 Å². The van der Waals surface area contributed by atoms with Crippen LogP contribution in [0.15, 0.2) is 173 Å². The molecule has 5 nitrogen and oxygen atoms in total. The summed E-state index contributed by atoms with van der Waals surface area (Å²) >= 11 is 0. The second-order valence-corrected chi connectivity index (χ2v) is 12.8. The third-order valence-corrected chi connectivity index (χ3v) is 9.96. The zero-order chi connectivity index (χ0) is 32.8. The lowest BCUT2D eigenvalue weighted by Gasteiger charge is -2.25. The minimum absolute atomic E-state index is 0.596. The summed E-state index contributed by atoms with van der Waals surface area (Å²) in [4.78, 5) is 7.37. The average molecular weight is 642 g/mol. The molecule has 0 atom stereocenters. The van der Waals surface area contributed by atoms with Crippen molar-refractivity contribution in [3.8, 4) is 17.1 Å². The number of rotatable bonds is 5. The smallest absolute Gasteiger partial charge is 0.227 e. The molecule has 5 heteroatoms. The third kappa shape index (κ3) is 3.86. The van der Waals surface area contributed by atoms with Crippen LogP contribution < -0.4 is 4.90 Å². The fourth-order valence-corrected chi connectivity index (χ4v) is 7.79. The number of benzene rings is 8. The lowest BCUT2D eigenvalue weighted by atomic mass is 10.0. The highest BCUT2D eigenvalue weighted by Crippen LogP contribution is 2.44. The monoisotopic (exact) mass is 641 g/mol. The van der Waals surface area contributed by atoms with Crippen LogP contribution in [0.25, 0.3) is 82.8 Å². The van der Waals surface area contributed by atoms with Gasteiger partial charge in [-0.15, -0.1) is 0 Å². The molecule has 0 amide bonds. The van der Waals surface area contributed by atoms with Gasteiger partial charge in [0.05, 0.1) is 11.0 Å². The Kier molecular flexibility index (Phi) is 5.60. The first-order chi connectivity index (χ1) is 24.8. The Morgan fingerprint density at radius 1 is 0.460 bits per heavy atom. The molecule has 50 heavy (non-hydrogen) atoms.